The summed E-state index contributed by atoms with van der Waals surface area (Å²) >= 11 is 1.48. The molecule has 0 bridgehead atoms. The minimum Gasteiger partial charge on any atom is -0.339 e. The molecule has 0 unspecified atom stereocenters. The normalized spacial score (nSPS) is 14.2. The summed E-state index contributed by atoms with van der Waals surface area (Å²) < 4.78 is 0. The van der Waals surface area contributed by atoms with E-state index in [-0.39, 0.29) is 11.5 Å². The van der Waals surface area contributed by atoms with Crippen LogP contribution in [-0.2, 0) is 0 Å². The number of carbonyl (C=O) groups excluding carboxylic acids is 1. The number of hydrogen-bond donors (Lipinski definition) is 1. The van der Waals surface area contributed by atoms with Crippen LogP contribution in [0.2, 0.25) is 0 Å². The summed E-state index contributed by atoms with van der Waals surface area (Å²) in [5, 5.41) is 3.45. The number of fused-ring (bicyclic) bond motifs is 1. The highest BCUT2D eigenvalue weighted by atomic mass is 32.1. The van der Waals surface area contributed by atoms with Gasteiger partial charge in [0.2, 0.25) is 0 Å². The van der Waals surface area contributed by atoms with Gasteiger partial charge >= 0.3 is 0 Å². The summed E-state index contributed by atoms with van der Waals surface area (Å²) in [5.74, 6) is 0.0223. The molecule has 0 saturated carbocycles. The highest BCUT2D eigenvalue weighted by molar-refractivity contribution is 7.13. The van der Waals surface area contributed by atoms with Gasteiger partial charge in [-0.3, -0.25) is 14.6 Å². The fourth-order valence-electron chi connectivity index (χ4n) is 3.90. The molecule has 3 aromatic heterocycles. The second-order valence-electron chi connectivity index (χ2n) is 7.41. The molecule has 0 aliphatic carbocycles. The van der Waals surface area contributed by atoms with Crippen molar-refractivity contribution >= 4 is 28.1 Å². The van der Waals surface area contributed by atoms with Crippen molar-refractivity contribution in [3.8, 4) is 21.8 Å². The van der Waals surface area contributed by atoms with Crippen molar-refractivity contribution < 1.29 is 4.79 Å². The summed E-state index contributed by atoms with van der Waals surface area (Å²) in [7, 11) is 0. The third-order valence-electron chi connectivity index (χ3n) is 5.47. The zero-order valence-electron chi connectivity index (χ0n) is 16.3. The minimum absolute atomic E-state index is 0.0223. The third kappa shape index (κ3) is 3.41. The molecule has 1 fully saturated rings. The number of rotatable bonds is 3. The lowest BCUT2D eigenvalue weighted by atomic mass is 10.0. The van der Waals surface area contributed by atoms with Crippen LogP contribution in [0, 0.1) is 0 Å². The molecule has 6 nitrogen and oxygen atoms in total. The molecule has 1 aliphatic heterocycles. The molecule has 0 atom stereocenters. The number of nitrogens with one attached hydrogen (secondary N) is 1. The van der Waals surface area contributed by atoms with Gasteiger partial charge in [-0.05, 0) is 49.6 Å². The monoisotopic (exact) mass is 416 g/mol. The highest BCUT2D eigenvalue weighted by Gasteiger charge is 2.21. The van der Waals surface area contributed by atoms with Gasteiger partial charge in [0.15, 0.2) is 0 Å². The second-order valence-corrected chi connectivity index (χ2v) is 8.26. The van der Waals surface area contributed by atoms with Gasteiger partial charge in [-0.25, -0.2) is 4.98 Å². The molecule has 1 aliphatic rings. The average Bonchev–Trinajstić information content (AvgIpc) is 3.29. The fraction of sp³-hybridized carbons (Fsp3) is 0.217. The maximum absolute atomic E-state index is 13.1. The molecule has 4 heterocycles. The van der Waals surface area contributed by atoms with E-state index >= 15 is 0 Å². The maximum atomic E-state index is 13.1. The van der Waals surface area contributed by atoms with Crippen LogP contribution in [0.3, 0.4) is 0 Å². The first kappa shape index (κ1) is 18.7. The van der Waals surface area contributed by atoms with E-state index in [4.69, 9.17) is 0 Å². The van der Waals surface area contributed by atoms with E-state index in [1.165, 1.54) is 17.8 Å². The minimum atomic E-state index is -0.211. The number of piperidine rings is 1. The number of thiazole rings is 1. The van der Waals surface area contributed by atoms with Crippen molar-refractivity contribution in [1.82, 2.24) is 19.9 Å². The van der Waals surface area contributed by atoms with E-state index in [1.54, 1.807) is 18.5 Å². The van der Waals surface area contributed by atoms with E-state index in [2.05, 4.69) is 15.0 Å². The lowest BCUT2D eigenvalue weighted by molar-refractivity contribution is 0.0726. The van der Waals surface area contributed by atoms with Crippen LogP contribution in [0.15, 0.2) is 59.0 Å². The van der Waals surface area contributed by atoms with Crippen molar-refractivity contribution in [2.75, 3.05) is 13.1 Å². The summed E-state index contributed by atoms with van der Waals surface area (Å²) in [5.41, 5.74) is 3.11. The molecule has 1 amide bonds. The van der Waals surface area contributed by atoms with Crippen molar-refractivity contribution in [2.45, 2.75) is 19.3 Å². The van der Waals surface area contributed by atoms with Crippen molar-refractivity contribution in [1.29, 1.82) is 0 Å². The lowest BCUT2D eigenvalue weighted by Crippen LogP contribution is -2.35. The van der Waals surface area contributed by atoms with Crippen LogP contribution in [0.5, 0.6) is 0 Å². The Balaban J connectivity index is 1.58. The average molecular weight is 417 g/mol. The number of benzene rings is 1. The number of likely N-dealkylation sites (tertiary alicyclic amines) is 1. The maximum Gasteiger partial charge on any atom is 0.257 e. The summed E-state index contributed by atoms with van der Waals surface area (Å²) in [6.07, 6.45) is 6.68. The van der Waals surface area contributed by atoms with E-state index < -0.39 is 0 Å². The van der Waals surface area contributed by atoms with Crippen LogP contribution >= 0.6 is 11.3 Å². The zero-order valence-corrected chi connectivity index (χ0v) is 17.1. The Bertz CT molecular complexity index is 1270. The highest BCUT2D eigenvalue weighted by Crippen LogP contribution is 2.29. The Morgan fingerprint density at radius 3 is 2.67 bits per heavy atom. The van der Waals surface area contributed by atoms with Crippen LogP contribution < -0.4 is 5.56 Å². The van der Waals surface area contributed by atoms with Crippen molar-refractivity contribution in [3.63, 3.8) is 0 Å². The summed E-state index contributed by atoms with van der Waals surface area (Å²) in [6, 6.07) is 11.1. The lowest BCUT2D eigenvalue weighted by Gasteiger charge is -2.27. The number of pyridine rings is 2. The molecule has 7 heteroatoms. The SMILES string of the molecule is O=C(c1cccc2[nH]c(=O)c(-c3csc(-c4ccncc4)n3)cc12)N1CCCCC1. The largest absolute Gasteiger partial charge is 0.339 e. The third-order valence-corrected chi connectivity index (χ3v) is 6.36. The van der Waals surface area contributed by atoms with E-state index in [9.17, 15) is 9.59 Å². The molecule has 1 aromatic carbocycles. The molecular formula is C23H20N4O2S. The molecular weight excluding hydrogens is 396 g/mol. The van der Waals surface area contributed by atoms with Crippen LogP contribution in [0.25, 0.3) is 32.7 Å². The standard InChI is InChI=1S/C23H20N4O2S/c28-21-18(20-14-30-22(26-20)15-7-9-24-10-8-15)13-17-16(5-4-6-19(17)25-21)23(29)27-11-2-1-3-12-27/h4-10,13-14H,1-3,11-12H2,(H,25,28). The summed E-state index contributed by atoms with van der Waals surface area (Å²) in [4.78, 5) is 39.5. The number of nitrogens with zero attached hydrogens (tertiary/aromatic N) is 3. The molecule has 30 heavy (non-hydrogen) atoms. The Labute approximate surface area is 177 Å². The Morgan fingerprint density at radius 1 is 1.07 bits per heavy atom. The zero-order chi connectivity index (χ0) is 20.5. The number of H-pyrrole nitrogens is 1. The molecule has 0 radical (unpaired) electrons. The quantitative estimate of drug-likeness (QED) is 0.539. The first-order valence-corrected chi connectivity index (χ1v) is 10.9. The number of carbonyl (C=O) groups is 1. The molecule has 0 spiro atoms. The Kier molecular flexibility index (Phi) is 4.88. The van der Waals surface area contributed by atoms with Crippen LogP contribution in [0.4, 0.5) is 0 Å². The van der Waals surface area contributed by atoms with Crippen LogP contribution in [-0.4, -0.2) is 38.8 Å². The van der Waals surface area contributed by atoms with Gasteiger partial charge in [-0.15, -0.1) is 11.3 Å². The summed E-state index contributed by atoms with van der Waals surface area (Å²) in [6.45, 7) is 1.57. The first-order valence-electron chi connectivity index (χ1n) is 10.0. The second kappa shape index (κ2) is 7.84. The smallest absolute Gasteiger partial charge is 0.257 e. The van der Waals surface area contributed by atoms with E-state index in [0.717, 1.165) is 41.9 Å². The van der Waals surface area contributed by atoms with Gasteiger partial charge < -0.3 is 9.88 Å². The number of aromatic nitrogens is 3. The first-order chi connectivity index (χ1) is 14.7. The van der Waals surface area contributed by atoms with Gasteiger partial charge in [0.1, 0.15) is 5.01 Å². The van der Waals surface area contributed by atoms with Crippen molar-refractivity contribution in [3.05, 3.63) is 70.1 Å². The van der Waals surface area contributed by atoms with Gasteiger partial charge in [0.25, 0.3) is 11.5 Å². The predicted molar refractivity (Wildman–Crippen MR) is 119 cm³/mol. The number of hydrogen-bond acceptors (Lipinski definition) is 5. The molecule has 5 rings (SSSR count). The molecule has 150 valence electrons. The van der Waals surface area contributed by atoms with Gasteiger partial charge in [-0.2, -0.15) is 0 Å². The van der Waals surface area contributed by atoms with E-state index in [1.807, 2.05) is 40.6 Å². The number of amides is 1. The predicted octanol–water partition coefficient (Wildman–Crippen LogP) is 4.34. The van der Waals surface area contributed by atoms with E-state index in [0.29, 0.717) is 22.3 Å². The number of aromatic amines is 1. The van der Waals surface area contributed by atoms with Gasteiger partial charge in [-0.1, -0.05) is 6.07 Å². The van der Waals surface area contributed by atoms with Crippen molar-refractivity contribution in [2.24, 2.45) is 0 Å². The fourth-order valence-corrected chi connectivity index (χ4v) is 4.72. The Morgan fingerprint density at radius 2 is 1.87 bits per heavy atom. The van der Waals surface area contributed by atoms with Gasteiger partial charge in [0.05, 0.1) is 11.3 Å². The molecule has 1 N–H and O–H groups in total. The van der Waals surface area contributed by atoms with Gasteiger partial charge in [0, 0.05) is 52.9 Å². The molecule has 1 saturated heterocycles. The molecule has 4 aromatic rings. The topological polar surface area (TPSA) is 79.0 Å². The Hall–Kier alpha value is -3.32. The van der Waals surface area contributed by atoms with Crippen LogP contribution in [0.1, 0.15) is 29.6 Å².